The number of benzene rings is 2. The second-order valence-corrected chi connectivity index (χ2v) is 6.17. The van der Waals surface area contributed by atoms with Gasteiger partial charge in [0.05, 0.1) is 21.8 Å². The molecule has 7 nitrogen and oxygen atoms in total. The molecular formula is C17H10ClF3N4O3. The maximum atomic E-state index is 14.2. The minimum atomic E-state index is -1.20. The molecule has 144 valence electrons. The van der Waals surface area contributed by atoms with E-state index in [0.29, 0.717) is 0 Å². The summed E-state index contributed by atoms with van der Waals surface area (Å²) in [5.41, 5.74) is -0.0698. The second-order valence-electron chi connectivity index (χ2n) is 5.77. The van der Waals surface area contributed by atoms with Crippen molar-refractivity contribution in [3.8, 4) is 17.1 Å². The molecule has 0 aliphatic rings. The number of ether oxygens (including phenoxy) is 1. The summed E-state index contributed by atoms with van der Waals surface area (Å²) in [4.78, 5) is 19.0. The molecule has 0 atom stereocenters. The fraction of sp³-hybridized carbons (Fsp3) is 0.118. The van der Waals surface area contributed by atoms with Crippen molar-refractivity contribution in [1.82, 2.24) is 19.7 Å². The lowest BCUT2D eigenvalue weighted by molar-refractivity contribution is 0.179. The predicted molar refractivity (Wildman–Crippen MR) is 92.8 cm³/mol. The van der Waals surface area contributed by atoms with E-state index in [1.807, 2.05) is 0 Å². The van der Waals surface area contributed by atoms with Crippen LogP contribution in [0, 0.1) is 17.5 Å². The van der Waals surface area contributed by atoms with Gasteiger partial charge in [-0.2, -0.15) is 0 Å². The highest BCUT2D eigenvalue weighted by atomic mass is 35.5. The second kappa shape index (κ2) is 6.80. The van der Waals surface area contributed by atoms with Gasteiger partial charge in [0.1, 0.15) is 23.8 Å². The number of hydrogen-bond acceptors (Lipinski definition) is 5. The Kier molecular flexibility index (Phi) is 4.44. The first-order chi connectivity index (χ1) is 13.4. The van der Waals surface area contributed by atoms with Crippen molar-refractivity contribution in [3.05, 3.63) is 63.1 Å². The summed E-state index contributed by atoms with van der Waals surface area (Å²) < 4.78 is 52.4. The minimum absolute atomic E-state index is 0.00931. The Morgan fingerprint density at radius 2 is 2.04 bits per heavy atom. The van der Waals surface area contributed by atoms with Gasteiger partial charge >= 0.3 is 5.76 Å². The Bertz CT molecular complexity index is 1260. The summed E-state index contributed by atoms with van der Waals surface area (Å²) in [6, 6.07) is 4.35. The largest absolute Gasteiger partial charge is 0.446 e. The average Bonchev–Trinajstić information content (AvgIpc) is 3.25. The summed E-state index contributed by atoms with van der Waals surface area (Å²) in [6.45, 7) is 0.0222. The molecule has 0 saturated heterocycles. The van der Waals surface area contributed by atoms with Gasteiger partial charge in [0, 0.05) is 7.11 Å². The molecule has 2 aromatic heterocycles. The standard InChI is InChI=1S/C17H10ClF3N4O3/c1-27-6-12-22-14-8(5-11(20)13(21)15(14)23-12)16-24-28-17(26)25(16)7-2-3-10(19)9(18)4-7/h2-5H,6H2,1H3,(H,22,23). The van der Waals surface area contributed by atoms with Crippen LogP contribution in [0.4, 0.5) is 13.2 Å². The summed E-state index contributed by atoms with van der Waals surface area (Å²) >= 11 is 5.78. The third-order valence-corrected chi connectivity index (χ3v) is 4.29. The third kappa shape index (κ3) is 2.86. The van der Waals surface area contributed by atoms with E-state index in [1.54, 1.807) is 0 Å². The molecule has 28 heavy (non-hydrogen) atoms. The molecule has 0 saturated carbocycles. The molecule has 11 heteroatoms. The van der Waals surface area contributed by atoms with E-state index >= 15 is 0 Å². The maximum Gasteiger partial charge on any atom is 0.446 e. The molecule has 0 spiro atoms. The van der Waals surface area contributed by atoms with Crippen LogP contribution in [-0.2, 0) is 11.3 Å². The van der Waals surface area contributed by atoms with Gasteiger partial charge in [0.2, 0.25) is 0 Å². The zero-order valence-corrected chi connectivity index (χ0v) is 14.9. The molecule has 1 N–H and O–H groups in total. The normalized spacial score (nSPS) is 11.5. The molecular weight excluding hydrogens is 401 g/mol. The fourth-order valence-electron chi connectivity index (χ4n) is 2.80. The number of aromatic nitrogens is 4. The van der Waals surface area contributed by atoms with Crippen molar-refractivity contribution in [3.63, 3.8) is 0 Å². The first kappa shape index (κ1) is 18.3. The van der Waals surface area contributed by atoms with Crippen molar-refractivity contribution in [1.29, 1.82) is 0 Å². The molecule has 2 aromatic carbocycles. The van der Waals surface area contributed by atoms with E-state index in [0.717, 1.165) is 16.7 Å². The highest BCUT2D eigenvalue weighted by Crippen LogP contribution is 2.31. The highest BCUT2D eigenvalue weighted by Gasteiger charge is 2.23. The van der Waals surface area contributed by atoms with Crippen LogP contribution in [0.3, 0.4) is 0 Å². The number of fused-ring (bicyclic) bond motifs is 1. The van der Waals surface area contributed by atoms with Crippen molar-refractivity contribution >= 4 is 22.6 Å². The Balaban J connectivity index is 2.00. The number of methoxy groups -OCH3 is 1. The zero-order chi connectivity index (χ0) is 20.0. The number of rotatable bonds is 4. The topological polar surface area (TPSA) is 85.9 Å². The van der Waals surface area contributed by atoms with Crippen molar-refractivity contribution in [2.75, 3.05) is 7.11 Å². The van der Waals surface area contributed by atoms with E-state index < -0.39 is 23.2 Å². The number of aromatic amines is 1. The van der Waals surface area contributed by atoms with Gasteiger partial charge < -0.3 is 9.72 Å². The highest BCUT2D eigenvalue weighted by molar-refractivity contribution is 6.30. The van der Waals surface area contributed by atoms with Gasteiger partial charge in [-0.1, -0.05) is 16.8 Å². The summed E-state index contributed by atoms with van der Waals surface area (Å²) in [5, 5.41) is 3.42. The van der Waals surface area contributed by atoms with Gasteiger partial charge in [-0.15, -0.1) is 0 Å². The van der Waals surface area contributed by atoms with E-state index in [9.17, 15) is 18.0 Å². The first-order valence-corrected chi connectivity index (χ1v) is 8.18. The SMILES string of the molecule is COCc1nc2c(F)c(F)cc(-c3noc(=O)n3-c3ccc(F)c(Cl)c3)c2[nH]1. The smallest absolute Gasteiger partial charge is 0.377 e. The Labute approximate surface area is 159 Å². The fourth-order valence-corrected chi connectivity index (χ4v) is 2.98. The van der Waals surface area contributed by atoms with Crippen LogP contribution >= 0.6 is 11.6 Å². The first-order valence-electron chi connectivity index (χ1n) is 7.80. The third-order valence-electron chi connectivity index (χ3n) is 4.00. The van der Waals surface area contributed by atoms with Crippen molar-refractivity contribution < 1.29 is 22.4 Å². The van der Waals surface area contributed by atoms with Crippen LogP contribution in [0.25, 0.3) is 28.1 Å². The van der Waals surface area contributed by atoms with E-state index in [2.05, 4.69) is 15.1 Å². The molecule has 0 fully saturated rings. The lowest BCUT2D eigenvalue weighted by Crippen LogP contribution is -2.13. The van der Waals surface area contributed by atoms with Crippen LogP contribution < -0.4 is 5.76 Å². The number of halogens is 4. The van der Waals surface area contributed by atoms with Crippen LogP contribution in [0.15, 0.2) is 33.6 Å². The maximum absolute atomic E-state index is 14.2. The van der Waals surface area contributed by atoms with Crippen LogP contribution in [0.5, 0.6) is 0 Å². The molecule has 0 amide bonds. The minimum Gasteiger partial charge on any atom is -0.377 e. The molecule has 0 aliphatic carbocycles. The Hall–Kier alpha value is -3.11. The molecule has 0 bridgehead atoms. The predicted octanol–water partition coefficient (Wildman–Crippen LogP) is 3.59. The van der Waals surface area contributed by atoms with E-state index in [1.165, 1.54) is 19.2 Å². The lowest BCUT2D eigenvalue weighted by atomic mass is 10.1. The molecule has 0 unspecified atom stereocenters. The van der Waals surface area contributed by atoms with E-state index in [-0.39, 0.29) is 45.6 Å². The number of H-pyrrole nitrogens is 1. The van der Waals surface area contributed by atoms with Crippen LogP contribution in [-0.4, -0.2) is 26.8 Å². The van der Waals surface area contributed by atoms with Gasteiger partial charge in [-0.05, 0) is 24.3 Å². The van der Waals surface area contributed by atoms with Gasteiger partial charge in [0.25, 0.3) is 0 Å². The number of hydrogen-bond donors (Lipinski definition) is 1. The number of imidazole rings is 1. The number of nitrogens with zero attached hydrogens (tertiary/aromatic N) is 3. The monoisotopic (exact) mass is 410 g/mol. The quantitative estimate of drug-likeness (QED) is 0.555. The molecule has 4 rings (SSSR count). The molecule has 4 aromatic rings. The zero-order valence-electron chi connectivity index (χ0n) is 14.1. The van der Waals surface area contributed by atoms with Gasteiger partial charge in [-0.3, -0.25) is 4.52 Å². The van der Waals surface area contributed by atoms with E-state index in [4.69, 9.17) is 20.9 Å². The number of nitrogens with one attached hydrogen (secondary N) is 1. The molecule has 0 radical (unpaired) electrons. The summed E-state index contributed by atoms with van der Waals surface area (Å²) in [5.74, 6) is -3.89. The lowest BCUT2D eigenvalue weighted by Gasteiger charge is -2.07. The van der Waals surface area contributed by atoms with Gasteiger partial charge in [-0.25, -0.2) is 27.5 Å². The molecule has 0 aliphatic heterocycles. The molecule has 2 heterocycles. The van der Waals surface area contributed by atoms with Gasteiger partial charge in [0.15, 0.2) is 17.5 Å². The van der Waals surface area contributed by atoms with Crippen molar-refractivity contribution in [2.45, 2.75) is 6.61 Å². The van der Waals surface area contributed by atoms with Crippen LogP contribution in [0.2, 0.25) is 5.02 Å². The van der Waals surface area contributed by atoms with Crippen LogP contribution in [0.1, 0.15) is 5.82 Å². The summed E-state index contributed by atoms with van der Waals surface area (Å²) in [7, 11) is 1.42. The average molecular weight is 411 g/mol. The Morgan fingerprint density at radius 1 is 1.25 bits per heavy atom. The van der Waals surface area contributed by atoms with Crippen molar-refractivity contribution in [2.24, 2.45) is 0 Å². The Morgan fingerprint density at radius 3 is 2.75 bits per heavy atom. The summed E-state index contributed by atoms with van der Waals surface area (Å²) in [6.07, 6.45) is 0.